The van der Waals surface area contributed by atoms with Gasteiger partial charge in [-0.2, -0.15) is 0 Å². The van der Waals surface area contributed by atoms with Gasteiger partial charge < -0.3 is 16.0 Å². The average Bonchev–Trinajstić information content (AvgIpc) is 2.56. The van der Waals surface area contributed by atoms with E-state index in [0.29, 0.717) is 13.0 Å². The molecule has 5 nitrogen and oxygen atoms in total. The number of halogens is 1. The number of carbonyl (C=O) groups is 1. The maximum atomic E-state index is 11.7. The molecule has 0 radical (unpaired) electrons. The third-order valence-corrected chi connectivity index (χ3v) is 3.84. The molecule has 0 aromatic heterocycles. The molecular weight excluding hydrogens is 324 g/mol. The second-order valence-corrected chi connectivity index (χ2v) is 6.13. The van der Waals surface area contributed by atoms with Crippen LogP contribution in [0.4, 0.5) is 0 Å². The molecule has 24 heavy (non-hydrogen) atoms. The minimum absolute atomic E-state index is 0.0464. The first kappa shape index (κ1) is 20.3. The van der Waals surface area contributed by atoms with Gasteiger partial charge in [0.05, 0.1) is 6.54 Å². The first-order valence-electron chi connectivity index (χ1n) is 8.61. The highest BCUT2D eigenvalue weighted by Gasteiger charge is 2.05. The number of aliphatic imine (C=N–C) groups is 1. The summed E-state index contributed by atoms with van der Waals surface area (Å²) in [6, 6.07) is 8.05. The summed E-state index contributed by atoms with van der Waals surface area (Å²) in [5.74, 6) is 0.785. The Kier molecular flexibility index (Phi) is 9.92. The molecule has 0 bridgehead atoms. The van der Waals surface area contributed by atoms with Crippen molar-refractivity contribution >= 4 is 23.5 Å². The molecule has 134 valence electrons. The summed E-state index contributed by atoms with van der Waals surface area (Å²) in [7, 11) is 0. The van der Waals surface area contributed by atoms with E-state index in [2.05, 4.69) is 27.9 Å². The molecule has 1 unspecified atom stereocenters. The Labute approximate surface area is 150 Å². The van der Waals surface area contributed by atoms with Gasteiger partial charge in [-0.3, -0.25) is 9.79 Å². The zero-order valence-electron chi connectivity index (χ0n) is 14.9. The van der Waals surface area contributed by atoms with Crippen LogP contribution in [0, 0.1) is 0 Å². The highest BCUT2D eigenvalue weighted by molar-refractivity contribution is 6.30. The normalized spacial score (nSPS) is 12.6. The molecule has 0 heterocycles. The summed E-state index contributed by atoms with van der Waals surface area (Å²) >= 11 is 5.88. The van der Waals surface area contributed by atoms with Crippen LogP contribution in [0.3, 0.4) is 0 Å². The first-order valence-corrected chi connectivity index (χ1v) is 8.98. The van der Waals surface area contributed by atoms with E-state index in [0.717, 1.165) is 36.9 Å². The van der Waals surface area contributed by atoms with Crippen LogP contribution in [0.15, 0.2) is 29.3 Å². The molecule has 1 aromatic rings. The molecule has 6 heteroatoms. The lowest BCUT2D eigenvalue weighted by atomic mass is 10.1. The second-order valence-electron chi connectivity index (χ2n) is 5.69. The van der Waals surface area contributed by atoms with Crippen molar-refractivity contribution in [1.29, 1.82) is 0 Å². The van der Waals surface area contributed by atoms with E-state index in [1.807, 2.05) is 38.1 Å². The number of nitrogens with zero attached hydrogens (tertiary/aromatic N) is 1. The molecule has 3 N–H and O–H groups in total. The van der Waals surface area contributed by atoms with Gasteiger partial charge in [0.2, 0.25) is 5.91 Å². The van der Waals surface area contributed by atoms with Crippen molar-refractivity contribution in [3.8, 4) is 0 Å². The van der Waals surface area contributed by atoms with Crippen LogP contribution in [0.1, 0.15) is 39.2 Å². The van der Waals surface area contributed by atoms with Gasteiger partial charge >= 0.3 is 0 Å². The van der Waals surface area contributed by atoms with Crippen molar-refractivity contribution in [1.82, 2.24) is 16.0 Å². The van der Waals surface area contributed by atoms with Crippen molar-refractivity contribution in [2.45, 2.75) is 46.1 Å². The number of carbonyl (C=O) groups excluding carboxylic acids is 1. The summed E-state index contributed by atoms with van der Waals surface area (Å²) in [6.07, 6.45) is 2.22. The topological polar surface area (TPSA) is 65.5 Å². The Morgan fingerprint density at radius 1 is 1.21 bits per heavy atom. The van der Waals surface area contributed by atoms with Gasteiger partial charge in [0.15, 0.2) is 5.96 Å². The lowest BCUT2D eigenvalue weighted by molar-refractivity contribution is -0.121. The van der Waals surface area contributed by atoms with E-state index in [9.17, 15) is 4.79 Å². The van der Waals surface area contributed by atoms with E-state index in [-0.39, 0.29) is 11.9 Å². The van der Waals surface area contributed by atoms with Crippen molar-refractivity contribution in [2.24, 2.45) is 4.99 Å². The van der Waals surface area contributed by atoms with Crippen LogP contribution < -0.4 is 16.0 Å². The van der Waals surface area contributed by atoms with Gasteiger partial charge in [0, 0.05) is 30.6 Å². The fraction of sp³-hybridized carbons (Fsp3) is 0.556. The summed E-state index contributed by atoms with van der Waals surface area (Å²) in [5.41, 5.74) is 1.22. The highest BCUT2D eigenvalue weighted by Crippen LogP contribution is 2.09. The zero-order chi connectivity index (χ0) is 17.8. The number of hydrogen-bond acceptors (Lipinski definition) is 2. The summed E-state index contributed by atoms with van der Waals surface area (Å²) < 4.78 is 0. The Morgan fingerprint density at radius 3 is 2.54 bits per heavy atom. The van der Waals surface area contributed by atoms with Gasteiger partial charge in [0.1, 0.15) is 0 Å². The zero-order valence-corrected chi connectivity index (χ0v) is 15.6. The first-order chi connectivity index (χ1) is 11.5. The molecular formula is C18H29ClN4O. The third kappa shape index (κ3) is 8.77. The molecule has 0 fully saturated rings. The molecule has 0 aliphatic carbocycles. The van der Waals surface area contributed by atoms with Crippen LogP contribution >= 0.6 is 11.6 Å². The molecule has 1 aromatic carbocycles. The summed E-state index contributed by atoms with van der Waals surface area (Å²) in [4.78, 5) is 16.2. The van der Waals surface area contributed by atoms with E-state index in [1.54, 1.807) is 0 Å². The van der Waals surface area contributed by atoms with Crippen LogP contribution in [0.25, 0.3) is 0 Å². The minimum atomic E-state index is 0.0464. The largest absolute Gasteiger partial charge is 0.357 e. The van der Waals surface area contributed by atoms with Crippen molar-refractivity contribution in [3.63, 3.8) is 0 Å². The van der Waals surface area contributed by atoms with Gasteiger partial charge in [-0.15, -0.1) is 0 Å². The standard InChI is InChI=1S/C18H29ClN4O/c1-4-14(3)23-17(24)11-13-22-18(20-5-2)21-12-10-15-6-8-16(19)9-7-15/h6-9,14H,4-5,10-13H2,1-3H3,(H,23,24)(H2,20,21,22). The number of rotatable bonds is 9. The van der Waals surface area contributed by atoms with Crippen molar-refractivity contribution in [2.75, 3.05) is 19.6 Å². The molecule has 0 saturated heterocycles. The van der Waals surface area contributed by atoms with Gasteiger partial charge in [0.25, 0.3) is 0 Å². The fourth-order valence-corrected chi connectivity index (χ4v) is 2.16. The van der Waals surface area contributed by atoms with Crippen LogP contribution in [0.5, 0.6) is 0 Å². The van der Waals surface area contributed by atoms with E-state index >= 15 is 0 Å². The average molecular weight is 353 g/mol. The van der Waals surface area contributed by atoms with E-state index in [4.69, 9.17) is 11.6 Å². The second kappa shape index (κ2) is 11.7. The highest BCUT2D eigenvalue weighted by atomic mass is 35.5. The monoisotopic (exact) mass is 352 g/mol. The molecule has 1 amide bonds. The van der Waals surface area contributed by atoms with E-state index < -0.39 is 0 Å². The van der Waals surface area contributed by atoms with E-state index in [1.165, 1.54) is 5.56 Å². The number of nitrogens with one attached hydrogen (secondary N) is 3. The maximum absolute atomic E-state index is 11.7. The van der Waals surface area contributed by atoms with Gasteiger partial charge in [-0.05, 0) is 44.4 Å². The minimum Gasteiger partial charge on any atom is -0.357 e. The molecule has 1 rings (SSSR count). The smallest absolute Gasteiger partial charge is 0.222 e. The van der Waals surface area contributed by atoms with Crippen LogP contribution in [-0.4, -0.2) is 37.5 Å². The van der Waals surface area contributed by atoms with Gasteiger partial charge in [-0.25, -0.2) is 0 Å². The number of hydrogen-bond donors (Lipinski definition) is 3. The molecule has 0 spiro atoms. The molecule has 0 saturated carbocycles. The SMILES string of the molecule is CCNC(=NCCC(=O)NC(C)CC)NCCc1ccc(Cl)cc1. The number of guanidine groups is 1. The predicted molar refractivity (Wildman–Crippen MR) is 102 cm³/mol. The molecule has 1 atom stereocenters. The lowest BCUT2D eigenvalue weighted by Gasteiger charge is -2.12. The maximum Gasteiger partial charge on any atom is 0.222 e. The molecule has 0 aliphatic heterocycles. The fourth-order valence-electron chi connectivity index (χ4n) is 2.04. The van der Waals surface area contributed by atoms with Crippen molar-refractivity contribution < 1.29 is 4.79 Å². The number of amides is 1. The summed E-state index contributed by atoms with van der Waals surface area (Å²) in [6.45, 7) is 8.10. The third-order valence-electron chi connectivity index (χ3n) is 3.59. The predicted octanol–water partition coefficient (Wildman–Crippen LogP) is 2.74. The Balaban J connectivity index is 2.36. The Bertz CT molecular complexity index is 516. The summed E-state index contributed by atoms with van der Waals surface area (Å²) in [5, 5.41) is 10.2. The lowest BCUT2D eigenvalue weighted by Crippen LogP contribution is -2.38. The quantitative estimate of drug-likeness (QED) is 0.473. The Hall–Kier alpha value is -1.75. The number of benzene rings is 1. The van der Waals surface area contributed by atoms with Crippen LogP contribution in [-0.2, 0) is 11.2 Å². The Morgan fingerprint density at radius 2 is 1.92 bits per heavy atom. The molecule has 0 aliphatic rings. The van der Waals surface area contributed by atoms with Crippen molar-refractivity contribution in [3.05, 3.63) is 34.9 Å². The van der Waals surface area contributed by atoms with Gasteiger partial charge in [-0.1, -0.05) is 30.7 Å². The van der Waals surface area contributed by atoms with Crippen LogP contribution in [0.2, 0.25) is 5.02 Å².